The maximum atomic E-state index is 14.7. The summed E-state index contributed by atoms with van der Waals surface area (Å²) in [5.41, 5.74) is 2.19. The Morgan fingerprint density at radius 3 is 2.54 bits per heavy atom. The maximum Gasteiger partial charge on any atom is 0.225 e. The normalized spacial score (nSPS) is 24.8. The van der Waals surface area contributed by atoms with Gasteiger partial charge in [-0.3, -0.25) is 14.6 Å². The van der Waals surface area contributed by atoms with E-state index in [1.165, 1.54) is 17.4 Å². The number of nitriles is 1. The second-order valence-electron chi connectivity index (χ2n) is 11.2. The van der Waals surface area contributed by atoms with Gasteiger partial charge in [0.25, 0.3) is 0 Å². The molecule has 1 aromatic carbocycles. The summed E-state index contributed by atoms with van der Waals surface area (Å²) >= 11 is 1.40. The van der Waals surface area contributed by atoms with E-state index < -0.39 is 33.2 Å². The summed E-state index contributed by atoms with van der Waals surface area (Å²) in [6.07, 6.45) is 2.02. The predicted octanol–water partition coefficient (Wildman–Crippen LogP) is 5.27. The summed E-state index contributed by atoms with van der Waals surface area (Å²) in [4.78, 5) is 25.5. The molecule has 1 aliphatic heterocycles. The summed E-state index contributed by atoms with van der Waals surface area (Å²) in [7, 11) is -2.50. The molecule has 2 aromatic heterocycles. The monoisotopic (exact) mass is 596 g/mol. The van der Waals surface area contributed by atoms with Gasteiger partial charge in [0, 0.05) is 51.8 Å². The maximum absolute atomic E-state index is 14.7. The number of hydrogen-bond acceptors (Lipinski definition) is 8. The molecule has 3 aromatic rings. The molecule has 2 aliphatic carbocycles. The van der Waals surface area contributed by atoms with E-state index >= 15 is 0 Å². The number of benzene rings is 1. The number of rotatable bonds is 6. The molecular formula is C29H30F2N6O2S2. The standard InChI is InChI=1S/C29H30F2N6O2S2/c30-19-3-7-22(23(15-19)27(38)36-29(17-32)9-10-29)25-26(40-28(35-25)24-8-4-20(31)16-34-24)18-1-5-21(6-2-18)37-11-13-41(33,39)14-12-37/h1-2,4-6,8,16,19,22-23,33H,3,7,9-15H2,(H,36,38)/t19-,22+,23+/m0/s1. The lowest BCUT2D eigenvalue weighted by Gasteiger charge is -2.32. The summed E-state index contributed by atoms with van der Waals surface area (Å²) in [5, 5.41) is 13.0. The van der Waals surface area contributed by atoms with Gasteiger partial charge in [0.2, 0.25) is 5.91 Å². The molecule has 2 saturated carbocycles. The number of pyridine rings is 1. The largest absolute Gasteiger partial charge is 0.370 e. The Balaban J connectivity index is 1.36. The molecule has 3 fully saturated rings. The van der Waals surface area contributed by atoms with E-state index in [1.54, 1.807) is 6.07 Å². The van der Waals surface area contributed by atoms with Crippen molar-refractivity contribution < 1.29 is 17.8 Å². The number of anilines is 1. The van der Waals surface area contributed by atoms with E-state index in [9.17, 15) is 23.0 Å². The number of nitrogens with one attached hydrogen (secondary N) is 2. The van der Waals surface area contributed by atoms with Crippen LogP contribution in [0.1, 0.15) is 43.7 Å². The fourth-order valence-electron chi connectivity index (χ4n) is 5.67. The highest BCUT2D eigenvalue weighted by Crippen LogP contribution is 2.47. The van der Waals surface area contributed by atoms with Crippen LogP contribution < -0.4 is 10.2 Å². The quantitative estimate of drug-likeness (QED) is 0.400. The molecule has 1 saturated heterocycles. The van der Waals surface area contributed by atoms with Crippen LogP contribution in [0.15, 0.2) is 42.6 Å². The second kappa shape index (κ2) is 10.8. The molecule has 0 spiro atoms. The number of aromatic nitrogens is 2. The molecule has 3 aliphatic rings. The highest BCUT2D eigenvalue weighted by molar-refractivity contribution is 7.92. The number of carbonyl (C=O) groups excluding carboxylic acids is 1. The summed E-state index contributed by atoms with van der Waals surface area (Å²) in [6.45, 7) is 1.11. The first-order chi connectivity index (χ1) is 19.7. The molecule has 41 heavy (non-hydrogen) atoms. The zero-order valence-electron chi connectivity index (χ0n) is 22.3. The van der Waals surface area contributed by atoms with Crippen molar-refractivity contribution in [2.24, 2.45) is 5.92 Å². The van der Waals surface area contributed by atoms with Crippen LogP contribution in [0.3, 0.4) is 0 Å². The van der Waals surface area contributed by atoms with Crippen LogP contribution in [0, 0.1) is 27.8 Å². The number of alkyl halides is 1. The van der Waals surface area contributed by atoms with Crippen LogP contribution in [-0.2, 0) is 14.5 Å². The van der Waals surface area contributed by atoms with Crippen LogP contribution >= 0.6 is 11.3 Å². The van der Waals surface area contributed by atoms with Gasteiger partial charge in [0.1, 0.15) is 22.5 Å². The van der Waals surface area contributed by atoms with Crippen molar-refractivity contribution in [2.45, 2.75) is 49.7 Å². The summed E-state index contributed by atoms with van der Waals surface area (Å²) in [6, 6.07) is 13.0. The minimum absolute atomic E-state index is 0.0617. The van der Waals surface area contributed by atoms with Gasteiger partial charge in [-0.25, -0.2) is 18.0 Å². The molecule has 3 heterocycles. The van der Waals surface area contributed by atoms with Crippen molar-refractivity contribution >= 4 is 32.7 Å². The van der Waals surface area contributed by atoms with E-state index in [0.717, 1.165) is 22.3 Å². The van der Waals surface area contributed by atoms with Crippen LogP contribution in [0.5, 0.6) is 0 Å². The average Bonchev–Trinajstić information content (AvgIpc) is 3.60. The average molecular weight is 597 g/mol. The molecule has 6 rings (SSSR count). The minimum atomic E-state index is -2.50. The van der Waals surface area contributed by atoms with E-state index in [-0.39, 0.29) is 18.2 Å². The number of hydrogen-bond donors (Lipinski definition) is 2. The molecule has 1 amide bonds. The van der Waals surface area contributed by atoms with Gasteiger partial charge in [-0.15, -0.1) is 11.3 Å². The number of carbonyl (C=O) groups is 1. The summed E-state index contributed by atoms with van der Waals surface area (Å²) < 4.78 is 48.2. The van der Waals surface area contributed by atoms with Crippen molar-refractivity contribution in [2.75, 3.05) is 29.5 Å². The SMILES string of the molecule is N#CC1(NC(=O)[C@@H]2C[C@@H](F)CC[C@H]2c2nc(-c3ccc(F)cn3)sc2-c2ccc(N3CCS(=N)(=O)CC3)cc2)CC1. The minimum Gasteiger partial charge on any atom is -0.370 e. The third-order valence-corrected chi connectivity index (χ3v) is 11.1. The molecular weight excluding hydrogens is 566 g/mol. The Bertz CT molecular complexity index is 1580. The highest BCUT2D eigenvalue weighted by atomic mass is 32.2. The Kier molecular flexibility index (Phi) is 7.28. The molecule has 12 heteroatoms. The topological polar surface area (TPSA) is 123 Å². The molecule has 0 bridgehead atoms. The smallest absolute Gasteiger partial charge is 0.225 e. The lowest BCUT2D eigenvalue weighted by atomic mass is 9.75. The van der Waals surface area contributed by atoms with Gasteiger partial charge in [-0.1, -0.05) is 12.1 Å². The summed E-state index contributed by atoms with van der Waals surface area (Å²) in [5.74, 6) is -1.12. The highest BCUT2D eigenvalue weighted by Gasteiger charge is 2.48. The van der Waals surface area contributed by atoms with Crippen molar-refractivity contribution in [1.82, 2.24) is 15.3 Å². The van der Waals surface area contributed by atoms with Gasteiger partial charge in [0.15, 0.2) is 0 Å². The van der Waals surface area contributed by atoms with E-state index in [1.807, 2.05) is 24.3 Å². The second-order valence-corrected chi connectivity index (χ2v) is 14.6. The Hall–Kier alpha value is -3.43. The Morgan fingerprint density at radius 1 is 1.17 bits per heavy atom. The van der Waals surface area contributed by atoms with Gasteiger partial charge in [-0.2, -0.15) is 5.26 Å². The fourth-order valence-corrected chi connectivity index (χ4v) is 8.02. The van der Waals surface area contributed by atoms with Gasteiger partial charge >= 0.3 is 0 Å². The first-order valence-corrected chi connectivity index (χ1v) is 16.5. The molecule has 0 radical (unpaired) electrons. The Labute approximate surface area is 241 Å². The lowest BCUT2D eigenvalue weighted by molar-refractivity contribution is -0.128. The van der Waals surface area contributed by atoms with Crippen molar-refractivity contribution in [3.8, 4) is 27.2 Å². The van der Waals surface area contributed by atoms with Crippen molar-refractivity contribution in [1.29, 1.82) is 10.0 Å². The van der Waals surface area contributed by atoms with Crippen LogP contribution in [0.25, 0.3) is 21.1 Å². The van der Waals surface area contributed by atoms with E-state index in [2.05, 4.69) is 21.3 Å². The molecule has 214 valence electrons. The van der Waals surface area contributed by atoms with Crippen LogP contribution in [-0.4, -0.2) is 56.4 Å². The zero-order chi connectivity index (χ0) is 28.8. The third kappa shape index (κ3) is 5.83. The van der Waals surface area contributed by atoms with E-state index in [4.69, 9.17) is 9.76 Å². The van der Waals surface area contributed by atoms with Crippen LogP contribution in [0.4, 0.5) is 14.5 Å². The predicted molar refractivity (Wildman–Crippen MR) is 154 cm³/mol. The third-order valence-electron chi connectivity index (χ3n) is 8.28. The molecule has 2 N–H and O–H groups in total. The van der Waals surface area contributed by atoms with Crippen molar-refractivity contribution in [3.05, 3.63) is 54.1 Å². The molecule has 8 nitrogen and oxygen atoms in total. The zero-order valence-corrected chi connectivity index (χ0v) is 23.9. The number of halogens is 2. The number of nitrogens with zero attached hydrogens (tertiary/aromatic N) is 4. The van der Waals surface area contributed by atoms with Gasteiger partial charge in [-0.05, 0) is 61.9 Å². The first-order valence-electron chi connectivity index (χ1n) is 13.7. The number of amides is 1. The van der Waals surface area contributed by atoms with Gasteiger partial charge in [0.05, 0.1) is 28.5 Å². The van der Waals surface area contributed by atoms with Crippen LogP contribution in [0.2, 0.25) is 0 Å². The first kappa shape index (κ1) is 27.7. The number of thiazole rings is 1. The fraction of sp³-hybridized carbons (Fsp3) is 0.448. The van der Waals surface area contributed by atoms with E-state index in [0.29, 0.717) is 66.7 Å². The van der Waals surface area contributed by atoms with Gasteiger partial charge < -0.3 is 10.2 Å². The Morgan fingerprint density at radius 2 is 1.90 bits per heavy atom. The lowest BCUT2D eigenvalue weighted by Crippen LogP contribution is -2.44. The van der Waals surface area contributed by atoms with Crippen molar-refractivity contribution in [3.63, 3.8) is 0 Å². The molecule has 0 unspecified atom stereocenters. The molecule has 3 atom stereocenters.